The van der Waals surface area contributed by atoms with Gasteiger partial charge in [-0.3, -0.25) is 14.4 Å². The highest BCUT2D eigenvalue weighted by Gasteiger charge is 2.19. The van der Waals surface area contributed by atoms with E-state index in [2.05, 4.69) is 34.6 Å². The van der Waals surface area contributed by atoms with Gasteiger partial charge in [0, 0.05) is 19.3 Å². The third kappa shape index (κ3) is 51.4. The van der Waals surface area contributed by atoms with Gasteiger partial charge in [0.2, 0.25) is 0 Å². The third-order valence-corrected chi connectivity index (χ3v) is 13.2. The molecular weight excluding hydrogens is 793 g/mol. The molecule has 0 fully saturated rings. The molecule has 1 atom stereocenters. The molecule has 0 aliphatic carbocycles. The van der Waals surface area contributed by atoms with E-state index in [0.29, 0.717) is 19.3 Å². The van der Waals surface area contributed by atoms with Crippen molar-refractivity contribution in [3.05, 3.63) is 0 Å². The molecule has 6 heteroatoms. The quantitative estimate of drug-likeness (QED) is 0.0344. The van der Waals surface area contributed by atoms with Crippen molar-refractivity contribution < 1.29 is 28.6 Å². The maximum atomic E-state index is 12.8. The van der Waals surface area contributed by atoms with Gasteiger partial charge in [-0.25, -0.2) is 0 Å². The van der Waals surface area contributed by atoms with Crippen LogP contribution in [0.4, 0.5) is 0 Å². The minimum absolute atomic E-state index is 0.0631. The second-order valence-corrected chi connectivity index (χ2v) is 20.9. The zero-order valence-electron chi connectivity index (χ0n) is 43.9. The van der Waals surface area contributed by atoms with Gasteiger partial charge in [0.25, 0.3) is 0 Å². The van der Waals surface area contributed by atoms with E-state index >= 15 is 0 Å². The van der Waals surface area contributed by atoms with Crippen molar-refractivity contribution >= 4 is 17.9 Å². The molecule has 0 bridgehead atoms. The Bertz CT molecular complexity index is 978. The lowest BCUT2D eigenvalue weighted by molar-refractivity contribution is -0.167. The Morgan fingerprint density at radius 3 is 0.766 bits per heavy atom. The number of unbranched alkanes of at least 4 members (excludes halogenated alkanes) is 37. The lowest BCUT2D eigenvalue weighted by Gasteiger charge is -2.18. The number of carbonyl (C=O) groups excluding carboxylic acids is 3. The maximum Gasteiger partial charge on any atom is 0.306 e. The van der Waals surface area contributed by atoms with Crippen molar-refractivity contribution in [2.24, 2.45) is 11.8 Å². The molecule has 0 aliphatic rings. The summed E-state index contributed by atoms with van der Waals surface area (Å²) in [5.41, 5.74) is 0. The van der Waals surface area contributed by atoms with E-state index in [1.54, 1.807) is 0 Å². The first kappa shape index (κ1) is 62.4. The Kier molecular flexibility index (Phi) is 49.6. The summed E-state index contributed by atoms with van der Waals surface area (Å²) < 4.78 is 16.9. The standard InChI is InChI=1S/C58H112O6/c1-6-7-8-9-10-11-12-13-14-15-16-17-18-19-22-28-33-38-43-48-56(59)62-51-55(64-58(61)50-45-40-35-30-25-24-27-32-37-42-47-54(4)5)52-63-57(60)49-44-39-34-29-23-20-21-26-31-36-41-46-53(2)3/h53-55H,6-52H2,1-5H3/t55-/m0/s1. The Morgan fingerprint density at radius 1 is 0.297 bits per heavy atom. The molecule has 0 aliphatic heterocycles. The minimum atomic E-state index is -0.763. The number of rotatable bonds is 52. The second-order valence-electron chi connectivity index (χ2n) is 20.9. The van der Waals surface area contributed by atoms with Crippen molar-refractivity contribution in [2.75, 3.05) is 13.2 Å². The fraction of sp³-hybridized carbons (Fsp3) is 0.948. The molecule has 380 valence electrons. The van der Waals surface area contributed by atoms with Gasteiger partial charge < -0.3 is 14.2 Å². The molecule has 0 spiro atoms. The van der Waals surface area contributed by atoms with Crippen molar-refractivity contribution in [1.29, 1.82) is 0 Å². The summed E-state index contributed by atoms with van der Waals surface area (Å²) in [6.07, 6.45) is 53.8. The average molecular weight is 906 g/mol. The SMILES string of the molecule is CCCCCCCCCCCCCCCCCCCCCC(=O)OC[C@@H](COC(=O)CCCCCCCCCCCCCC(C)C)OC(=O)CCCCCCCCCCCCC(C)C. The van der Waals surface area contributed by atoms with Crippen LogP contribution in [0.5, 0.6) is 0 Å². The summed E-state index contributed by atoms with van der Waals surface area (Å²) in [5, 5.41) is 0. The molecular formula is C58H112O6. The highest BCUT2D eigenvalue weighted by atomic mass is 16.6. The first-order valence-corrected chi connectivity index (χ1v) is 28.7. The van der Waals surface area contributed by atoms with Gasteiger partial charge >= 0.3 is 17.9 Å². The Hall–Kier alpha value is -1.59. The fourth-order valence-corrected chi connectivity index (χ4v) is 8.87. The van der Waals surface area contributed by atoms with E-state index in [1.807, 2.05) is 0 Å². The Balaban J connectivity index is 4.27. The van der Waals surface area contributed by atoms with Gasteiger partial charge in [-0.1, -0.05) is 285 Å². The largest absolute Gasteiger partial charge is 0.462 e. The van der Waals surface area contributed by atoms with Crippen LogP contribution in [0.3, 0.4) is 0 Å². The van der Waals surface area contributed by atoms with Crippen LogP contribution in [0.25, 0.3) is 0 Å². The lowest BCUT2D eigenvalue weighted by atomic mass is 10.0. The van der Waals surface area contributed by atoms with Crippen molar-refractivity contribution in [3.8, 4) is 0 Å². The number of ether oxygens (including phenoxy) is 3. The molecule has 0 rings (SSSR count). The van der Waals surface area contributed by atoms with Crippen molar-refractivity contribution in [2.45, 2.75) is 330 Å². The number of carbonyl (C=O) groups is 3. The summed E-state index contributed by atoms with van der Waals surface area (Å²) >= 11 is 0. The first-order valence-electron chi connectivity index (χ1n) is 28.7. The van der Waals surface area contributed by atoms with Crippen molar-refractivity contribution in [1.82, 2.24) is 0 Å². The van der Waals surface area contributed by atoms with Crippen LogP contribution in [-0.2, 0) is 28.6 Å². The molecule has 64 heavy (non-hydrogen) atoms. The molecule has 0 N–H and O–H groups in total. The van der Waals surface area contributed by atoms with Crippen LogP contribution in [0, 0.1) is 11.8 Å². The van der Waals surface area contributed by atoms with Crippen LogP contribution in [0.15, 0.2) is 0 Å². The van der Waals surface area contributed by atoms with E-state index in [9.17, 15) is 14.4 Å². The predicted molar refractivity (Wildman–Crippen MR) is 275 cm³/mol. The number of esters is 3. The molecule has 0 aromatic carbocycles. The monoisotopic (exact) mass is 905 g/mol. The zero-order chi connectivity index (χ0) is 46.8. The average Bonchev–Trinajstić information content (AvgIpc) is 3.27. The summed E-state index contributed by atoms with van der Waals surface area (Å²) in [7, 11) is 0. The van der Waals surface area contributed by atoms with Gasteiger partial charge in [-0.2, -0.15) is 0 Å². The number of hydrogen-bond donors (Lipinski definition) is 0. The highest BCUT2D eigenvalue weighted by molar-refractivity contribution is 5.71. The first-order chi connectivity index (χ1) is 31.2. The maximum absolute atomic E-state index is 12.8. The van der Waals surface area contributed by atoms with Crippen LogP contribution in [0.1, 0.15) is 324 Å². The van der Waals surface area contributed by atoms with Crippen LogP contribution < -0.4 is 0 Å². The molecule has 0 aromatic heterocycles. The highest BCUT2D eigenvalue weighted by Crippen LogP contribution is 2.18. The molecule has 0 saturated heterocycles. The fourth-order valence-electron chi connectivity index (χ4n) is 8.87. The van der Waals surface area contributed by atoms with E-state index in [4.69, 9.17) is 14.2 Å². The van der Waals surface area contributed by atoms with Gasteiger partial charge in [-0.05, 0) is 31.1 Å². The van der Waals surface area contributed by atoms with Crippen LogP contribution in [-0.4, -0.2) is 37.2 Å². The predicted octanol–water partition coefficient (Wildman–Crippen LogP) is 18.9. The van der Waals surface area contributed by atoms with E-state index in [1.165, 1.54) is 212 Å². The molecule has 6 nitrogen and oxygen atoms in total. The van der Waals surface area contributed by atoms with Crippen LogP contribution >= 0.6 is 0 Å². The molecule has 0 amide bonds. The van der Waals surface area contributed by atoms with Gasteiger partial charge in [0.05, 0.1) is 0 Å². The van der Waals surface area contributed by atoms with E-state index < -0.39 is 6.10 Å². The minimum Gasteiger partial charge on any atom is -0.462 e. The normalized spacial score (nSPS) is 12.0. The second kappa shape index (κ2) is 50.8. The molecule has 0 unspecified atom stereocenters. The van der Waals surface area contributed by atoms with Crippen LogP contribution in [0.2, 0.25) is 0 Å². The molecule has 0 saturated carbocycles. The van der Waals surface area contributed by atoms with Gasteiger partial charge in [-0.15, -0.1) is 0 Å². The zero-order valence-corrected chi connectivity index (χ0v) is 43.9. The summed E-state index contributed by atoms with van der Waals surface area (Å²) in [6, 6.07) is 0. The summed E-state index contributed by atoms with van der Waals surface area (Å²) in [6.45, 7) is 11.4. The number of hydrogen-bond acceptors (Lipinski definition) is 6. The smallest absolute Gasteiger partial charge is 0.306 e. The van der Waals surface area contributed by atoms with Gasteiger partial charge in [0.1, 0.15) is 13.2 Å². The summed E-state index contributed by atoms with van der Waals surface area (Å²) in [5.74, 6) is 0.801. The molecule has 0 radical (unpaired) electrons. The molecule has 0 heterocycles. The molecule has 0 aromatic rings. The van der Waals surface area contributed by atoms with E-state index in [-0.39, 0.29) is 31.1 Å². The lowest BCUT2D eigenvalue weighted by Crippen LogP contribution is -2.30. The van der Waals surface area contributed by atoms with E-state index in [0.717, 1.165) is 69.6 Å². The Labute approximate surface area is 399 Å². The Morgan fingerprint density at radius 2 is 0.516 bits per heavy atom. The summed E-state index contributed by atoms with van der Waals surface area (Å²) in [4.78, 5) is 38.1. The van der Waals surface area contributed by atoms with Gasteiger partial charge in [0.15, 0.2) is 6.10 Å². The third-order valence-electron chi connectivity index (χ3n) is 13.2. The topological polar surface area (TPSA) is 78.9 Å². The van der Waals surface area contributed by atoms with Crippen molar-refractivity contribution in [3.63, 3.8) is 0 Å².